The van der Waals surface area contributed by atoms with E-state index in [1.54, 1.807) is 18.2 Å². The first kappa shape index (κ1) is 29.7. The SMILES string of the molecule is CCCCCc1ccc(-c2ccc(-c3ccc(-c4ccc(-c5ccc(CCCC)cc5)c(Cl)c4)cc3F)cc2F)cc1. The van der Waals surface area contributed by atoms with Crippen LogP contribution in [0.25, 0.3) is 44.5 Å². The van der Waals surface area contributed by atoms with Gasteiger partial charge < -0.3 is 0 Å². The largest absolute Gasteiger partial charge is 0.206 e. The highest BCUT2D eigenvalue weighted by Crippen LogP contribution is 2.35. The molecule has 0 aliphatic heterocycles. The number of unbranched alkanes of at least 4 members (excludes halogenated alkanes) is 3. The van der Waals surface area contributed by atoms with Gasteiger partial charge in [-0.25, -0.2) is 8.78 Å². The summed E-state index contributed by atoms with van der Waals surface area (Å²) in [6, 6.07) is 32.4. The molecule has 5 aromatic carbocycles. The van der Waals surface area contributed by atoms with Crippen LogP contribution in [0.15, 0.2) is 103 Å². The highest BCUT2D eigenvalue weighted by atomic mass is 35.5. The zero-order chi connectivity index (χ0) is 29.5. The molecule has 0 atom stereocenters. The Bertz CT molecular complexity index is 1640. The molecule has 0 nitrogen and oxygen atoms in total. The third kappa shape index (κ3) is 6.99. The minimum atomic E-state index is -0.404. The molecule has 0 radical (unpaired) electrons. The van der Waals surface area contributed by atoms with Gasteiger partial charge in [0, 0.05) is 21.7 Å². The summed E-state index contributed by atoms with van der Waals surface area (Å²) >= 11 is 6.69. The lowest BCUT2D eigenvalue weighted by Gasteiger charge is -2.11. The summed E-state index contributed by atoms with van der Waals surface area (Å²) in [4.78, 5) is 0. The van der Waals surface area contributed by atoms with Gasteiger partial charge in [0.05, 0.1) is 0 Å². The third-order valence-electron chi connectivity index (χ3n) is 7.97. The highest BCUT2D eigenvalue weighted by Gasteiger charge is 2.13. The Morgan fingerprint density at radius 2 is 0.881 bits per heavy atom. The van der Waals surface area contributed by atoms with E-state index in [0.717, 1.165) is 47.1 Å². The molecule has 0 fully saturated rings. The van der Waals surface area contributed by atoms with Crippen LogP contribution in [0.3, 0.4) is 0 Å². The Hall–Kier alpha value is -3.75. The number of rotatable bonds is 11. The van der Waals surface area contributed by atoms with E-state index in [4.69, 9.17) is 11.6 Å². The smallest absolute Gasteiger partial charge is 0.131 e. The number of aryl methyl sites for hydroxylation is 2. The van der Waals surface area contributed by atoms with E-state index < -0.39 is 5.82 Å². The predicted molar refractivity (Wildman–Crippen MR) is 175 cm³/mol. The van der Waals surface area contributed by atoms with Gasteiger partial charge in [-0.2, -0.15) is 0 Å². The predicted octanol–water partition coefficient (Wildman–Crippen LogP) is 12.4. The van der Waals surface area contributed by atoms with E-state index in [-0.39, 0.29) is 5.82 Å². The molecule has 0 amide bonds. The quantitative estimate of drug-likeness (QED) is 0.137. The molecule has 5 rings (SSSR count). The van der Waals surface area contributed by atoms with Crippen molar-refractivity contribution in [1.82, 2.24) is 0 Å². The molecule has 42 heavy (non-hydrogen) atoms. The molecule has 214 valence electrons. The van der Waals surface area contributed by atoms with Gasteiger partial charge in [-0.15, -0.1) is 0 Å². The van der Waals surface area contributed by atoms with Gasteiger partial charge in [0.15, 0.2) is 0 Å². The minimum Gasteiger partial charge on any atom is -0.206 e. The summed E-state index contributed by atoms with van der Waals surface area (Å²) in [6.07, 6.45) is 8.03. The Morgan fingerprint density at radius 1 is 0.452 bits per heavy atom. The van der Waals surface area contributed by atoms with E-state index in [1.807, 2.05) is 36.4 Å². The molecule has 0 unspecified atom stereocenters. The van der Waals surface area contributed by atoms with Gasteiger partial charge in [-0.1, -0.05) is 130 Å². The second-order valence-corrected chi connectivity index (χ2v) is 11.4. The van der Waals surface area contributed by atoms with Crippen molar-refractivity contribution in [3.8, 4) is 44.5 Å². The zero-order valence-electron chi connectivity index (χ0n) is 24.4. The second-order valence-electron chi connectivity index (χ2n) is 11.0. The molecular formula is C39H37ClF2. The Labute approximate surface area is 254 Å². The normalized spacial score (nSPS) is 11.2. The molecular weight excluding hydrogens is 542 g/mol. The van der Waals surface area contributed by atoms with Crippen molar-refractivity contribution in [2.24, 2.45) is 0 Å². The molecule has 0 aliphatic rings. The fraction of sp³-hybridized carbons (Fsp3) is 0.231. The van der Waals surface area contributed by atoms with Crippen LogP contribution in [0, 0.1) is 11.6 Å². The maximum absolute atomic E-state index is 15.4. The third-order valence-corrected chi connectivity index (χ3v) is 8.28. The molecule has 5 aromatic rings. The molecule has 0 heterocycles. The lowest BCUT2D eigenvalue weighted by atomic mass is 9.95. The molecule has 0 spiro atoms. The molecule has 0 N–H and O–H groups in total. The fourth-order valence-electron chi connectivity index (χ4n) is 5.44. The number of halogens is 3. The first-order valence-corrected chi connectivity index (χ1v) is 15.4. The Kier molecular flexibility index (Phi) is 9.87. The highest BCUT2D eigenvalue weighted by molar-refractivity contribution is 6.33. The molecule has 0 aromatic heterocycles. The molecule has 0 aliphatic carbocycles. The zero-order valence-corrected chi connectivity index (χ0v) is 25.2. The lowest BCUT2D eigenvalue weighted by molar-refractivity contribution is 0.627. The van der Waals surface area contributed by atoms with Gasteiger partial charge in [-0.3, -0.25) is 0 Å². The van der Waals surface area contributed by atoms with E-state index in [1.165, 1.54) is 48.9 Å². The lowest BCUT2D eigenvalue weighted by Crippen LogP contribution is -1.91. The Morgan fingerprint density at radius 3 is 1.43 bits per heavy atom. The van der Waals surface area contributed by atoms with Crippen LogP contribution >= 0.6 is 11.6 Å². The van der Waals surface area contributed by atoms with E-state index in [9.17, 15) is 0 Å². The number of hydrogen-bond acceptors (Lipinski definition) is 0. The van der Waals surface area contributed by atoms with Crippen molar-refractivity contribution in [3.05, 3.63) is 131 Å². The van der Waals surface area contributed by atoms with Gasteiger partial charge in [0.2, 0.25) is 0 Å². The van der Waals surface area contributed by atoms with Crippen LogP contribution in [0.4, 0.5) is 8.78 Å². The summed E-state index contributed by atoms with van der Waals surface area (Å²) in [6.45, 7) is 4.39. The van der Waals surface area contributed by atoms with Crippen molar-refractivity contribution in [2.45, 2.75) is 58.8 Å². The van der Waals surface area contributed by atoms with E-state index in [0.29, 0.717) is 21.7 Å². The van der Waals surface area contributed by atoms with Crippen LogP contribution in [-0.4, -0.2) is 0 Å². The first-order valence-electron chi connectivity index (χ1n) is 15.0. The maximum Gasteiger partial charge on any atom is 0.131 e. The van der Waals surface area contributed by atoms with Crippen LogP contribution in [0.5, 0.6) is 0 Å². The van der Waals surface area contributed by atoms with Crippen molar-refractivity contribution in [1.29, 1.82) is 0 Å². The summed E-state index contributed by atoms with van der Waals surface area (Å²) in [5.41, 5.74) is 8.34. The summed E-state index contributed by atoms with van der Waals surface area (Å²) in [7, 11) is 0. The molecule has 0 saturated carbocycles. The van der Waals surface area contributed by atoms with Crippen LogP contribution < -0.4 is 0 Å². The van der Waals surface area contributed by atoms with Crippen LogP contribution in [-0.2, 0) is 12.8 Å². The maximum atomic E-state index is 15.4. The molecule has 0 bridgehead atoms. The van der Waals surface area contributed by atoms with Crippen molar-refractivity contribution in [3.63, 3.8) is 0 Å². The van der Waals surface area contributed by atoms with Crippen molar-refractivity contribution in [2.75, 3.05) is 0 Å². The average Bonchev–Trinajstić information content (AvgIpc) is 3.01. The summed E-state index contributed by atoms with van der Waals surface area (Å²) in [5, 5.41) is 0.616. The van der Waals surface area contributed by atoms with Crippen molar-refractivity contribution < 1.29 is 8.78 Å². The summed E-state index contributed by atoms with van der Waals surface area (Å²) in [5.74, 6) is -0.769. The minimum absolute atomic E-state index is 0.362. The van der Waals surface area contributed by atoms with Crippen molar-refractivity contribution >= 4 is 11.6 Å². The van der Waals surface area contributed by atoms with Gasteiger partial charge in [0.1, 0.15) is 11.6 Å². The summed E-state index contributed by atoms with van der Waals surface area (Å²) < 4.78 is 30.6. The van der Waals surface area contributed by atoms with E-state index in [2.05, 4.69) is 50.2 Å². The van der Waals surface area contributed by atoms with E-state index >= 15 is 8.78 Å². The van der Waals surface area contributed by atoms with Gasteiger partial charge in [0.25, 0.3) is 0 Å². The van der Waals surface area contributed by atoms with Crippen LogP contribution in [0.2, 0.25) is 5.02 Å². The monoisotopic (exact) mass is 578 g/mol. The fourth-order valence-corrected chi connectivity index (χ4v) is 5.73. The first-order chi connectivity index (χ1) is 20.5. The molecule has 0 saturated heterocycles. The topological polar surface area (TPSA) is 0 Å². The van der Waals surface area contributed by atoms with Gasteiger partial charge in [-0.05, 0) is 82.8 Å². The van der Waals surface area contributed by atoms with Gasteiger partial charge >= 0.3 is 0 Å². The standard InChI is InChI=1S/C39H37ClF2/c1-3-5-7-9-28-12-16-30(17-13-28)35-23-20-33(26-39(35)42)36-22-19-32(25-38(36)41)31-18-21-34(37(40)24-31)29-14-10-27(11-15-29)8-6-4-2/h10-26H,3-9H2,1-2H3. The second kappa shape index (κ2) is 13.9. The number of benzene rings is 5. The number of hydrogen-bond donors (Lipinski definition) is 0. The average molecular weight is 579 g/mol. The van der Waals surface area contributed by atoms with Crippen LogP contribution in [0.1, 0.15) is 57.1 Å². The Balaban J connectivity index is 1.32. The molecule has 3 heteroatoms.